The Balaban J connectivity index is 2.10. The fraction of sp³-hybridized carbons (Fsp3) is 0.357. The van der Waals surface area contributed by atoms with Gasteiger partial charge >= 0.3 is 0 Å². The first-order valence-electron chi connectivity index (χ1n) is 6.04. The van der Waals surface area contributed by atoms with Gasteiger partial charge in [0.05, 0.1) is 23.9 Å². The van der Waals surface area contributed by atoms with Crippen LogP contribution in [0.2, 0.25) is 0 Å². The number of benzene rings is 1. The van der Waals surface area contributed by atoms with Crippen LogP contribution in [0.5, 0.6) is 0 Å². The second-order valence-electron chi connectivity index (χ2n) is 4.34. The third-order valence-corrected chi connectivity index (χ3v) is 4.13. The van der Waals surface area contributed by atoms with Gasteiger partial charge in [-0.2, -0.15) is 0 Å². The Morgan fingerprint density at radius 2 is 2.06 bits per heavy atom. The second-order valence-corrected chi connectivity index (χ2v) is 5.22. The minimum atomic E-state index is -0.0392. The molecule has 2 aromatic rings. The van der Waals surface area contributed by atoms with Crippen molar-refractivity contribution in [3.8, 4) is 0 Å². The Morgan fingerprint density at radius 3 is 2.61 bits per heavy atom. The van der Waals surface area contributed by atoms with Crippen LogP contribution in [-0.4, -0.2) is 16.7 Å². The van der Waals surface area contributed by atoms with Crippen LogP contribution in [0.15, 0.2) is 35.8 Å². The van der Waals surface area contributed by atoms with Gasteiger partial charge in [-0.25, -0.2) is 4.98 Å². The molecule has 18 heavy (non-hydrogen) atoms. The molecule has 2 N–H and O–H groups in total. The molecule has 2 atom stereocenters. The maximum absolute atomic E-state index is 9.52. The van der Waals surface area contributed by atoms with E-state index in [1.165, 1.54) is 4.88 Å². The molecular formula is C14H18N2OS. The van der Waals surface area contributed by atoms with Crippen molar-refractivity contribution in [2.75, 3.05) is 6.61 Å². The maximum atomic E-state index is 9.52. The number of aliphatic hydroxyl groups is 1. The van der Waals surface area contributed by atoms with Crippen molar-refractivity contribution in [1.29, 1.82) is 0 Å². The minimum absolute atomic E-state index is 0.0392. The molecule has 1 aromatic carbocycles. The van der Waals surface area contributed by atoms with Crippen LogP contribution in [0.1, 0.15) is 35.1 Å². The third kappa shape index (κ3) is 2.96. The van der Waals surface area contributed by atoms with Crippen molar-refractivity contribution in [1.82, 2.24) is 10.3 Å². The van der Waals surface area contributed by atoms with E-state index in [0.717, 1.165) is 11.3 Å². The number of nitrogens with zero attached hydrogens (tertiary/aromatic N) is 1. The van der Waals surface area contributed by atoms with E-state index in [1.54, 1.807) is 11.3 Å². The van der Waals surface area contributed by atoms with Gasteiger partial charge in [0.25, 0.3) is 0 Å². The summed E-state index contributed by atoms with van der Waals surface area (Å²) in [6.07, 6.45) is 0. The SMILES string of the molecule is Cc1ncsc1C(C)N[C@@H](CO)c1ccccc1. The zero-order chi connectivity index (χ0) is 13.0. The summed E-state index contributed by atoms with van der Waals surface area (Å²) in [4.78, 5) is 5.49. The van der Waals surface area contributed by atoms with E-state index in [-0.39, 0.29) is 18.7 Å². The van der Waals surface area contributed by atoms with Crippen molar-refractivity contribution < 1.29 is 5.11 Å². The molecule has 2 rings (SSSR count). The molecule has 0 spiro atoms. The number of aromatic nitrogens is 1. The topological polar surface area (TPSA) is 45.2 Å². The van der Waals surface area contributed by atoms with Crippen molar-refractivity contribution >= 4 is 11.3 Å². The standard InChI is InChI=1S/C14H18N2OS/c1-10-14(18-9-15-10)11(2)16-13(8-17)12-6-4-3-5-7-12/h3-7,9,11,13,16-17H,8H2,1-2H3/t11?,13-/m0/s1. The van der Waals surface area contributed by atoms with Gasteiger partial charge in [0.1, 0.15) is 0 Å². The highest BCUT2D eigenvalue weighted by Crippen LogP contribution is 2.24. The summed E-state index contributed by atoms with van der Waals surface area (Å²) in [5, 5.41) is 13.0. The van der Waals surface area contributed by atoms with Gasteiger partial charge in [0.15, 0.2) is 0 Å². The quantitative estimate of drug-likeness (QED) is 0.871. The Kier molecular flexibility index (Phi) is 4.47. The van der Waals surface area contributed by atoms with E-state index in [2.05, 4.69) is 17.2 Å². The largest absolute Gasteiger partial charge is 0.394 e. The molecule has 3 nitrogen and oxygen atoms in total. The molecule has 0 fully saturated rings. The maximum Gasteiger partial charge on any atom is 0.0798 e. The van der Waals surface area contributed by atoms with Crippen LogP contribution >= 0.6 is 11.3 Å². The minimum Gasteiger partial charge on any atom is -0.394 e. The smallest absolute Gasteiger partial charge is 0.0798 e. The summed E-state index contributed by atoms with van der Waals surface area (Å²) in [6, 6.07) is 10.2. The van der Waals surface area contributed by atoms with Crippen LogP contribution in [0.25, 0.3) is 0 Å². The van der Waals surface area contributed by atoms with Crippen molar-refractivity contribution in [2.24, 2.45) is 0 Å². The number of hydrogen-bond donors (Lipinski definition) is 2. The summed E-state index contributed by atoms with van der Waals surface area (Å²) in [6.45, 7) is 4.21. The number of aryl methyl sites for hydroxylation is 1. The molecule has 0 bridgehead atoms. The second kappa shape index (κ2) is 6.09. The first-order chi connectivity index (χ1) is 8.72. The fourth-order valence-electron chi connectivity index (χ4n) is 2.04. The summed E-state index contributed by atoms with van der Waals surface area (Å²) in [7, 11) is 0. The normalized spacial score (nSPS) is 14.4. The summed E-state index contributed by atoms with van der Waals surface area (Å²) in [5.74, 6) is 0. The lowest BCUT2D eigenvalue weighted by Crippen LogP contribution is -2.27. The van der Waals surface area contributed by atoms with E-state index < -0.39 is 0 Å². The highest BCUT2D eigenvalue weighted by atomic mass is 32.1. The van der Waals surface area contributed by atoms with E-state index in [1.807, 2.05) is 42.8 Å². The molecule has 0 aliphatic rings. The highest BCUT2D eigenvalue weighted by Gasteiger charge is 2.16. The molecule has 1 heterocycles. The zero-order valence-corrected chi connectivity index (χ0v) is 11.4. The molecule has 0 radical (unpaired) electrons. The molecule has 0 saturated carbocycles. The van der Waals surface area contributed by atoms with Crippen molar-refractivity contribution in [2.45, 2.75) is 25.9 Å². The van der Waals surface area contributed by atoms with E-state index in [0.29, 0.717) is 0 Å². The third-order valence-electron chi connectivity index (χ3n) is 3.01. The lowest BCUT2D eigenvalue weighted by Gasteiger charge is -2.21. The van der Waals surface area contributed by atoms with Crippen LogP contribution in [0.4, 0.5) is 0 Å². The van der Waals surface area contributed by atoms with Crippen molar-refractivity contribution in [3.05, 3.63) is 52.0 Å². The molecule has 4 heteroatoms. The first-order valence-corrected chi connectivity index (χ1v) is 6.92. The van der Waals surface area contributed by atoms with Gasteiger partial charge in [-0.1, -0.05) is 30.3 Å². The molecule has 96 valence electrons. The van der Waals surface area contributed by atoms with Gasteiger partial charge in [0, 0.05) is 10.9 Å². The first kappa shape index (κ1) is 13.2. The summed E-state index contributed by atoms with van der Waals surface area (Å²) in [5.41, 5.74) is 4.03. The number of aliphatic hydroxyl groups excluding tert-OH is 1. The van der Waals surface area contributed by atoms with E-state index in [4.69, 9.17) is 0 Å². The number of hydrogen-bond acceptors (Lipinski definition) is 4. The molecule has 1 unspecified atom stereocenters. The van der Waals surface area contributed by atoms with Crippen LogP contribution in [0.3, 0.4) is 0 Å². The van der Waals surface area contributed by atoms with Crippen LogP contribution in [0, 0.1) is 6.92 Å². The predicted molar refractivity (Wildman–Crippen MR) is 74.7 cm³/mol. The molecule has 0 saturated heterocycles. The van der Waals surface area contributed by atoms with Gasteiger partial charge in [0.2, 0.25) is 0 Å². The Morgan fingerprint density at radius 1 is 1.33 bits per heavy atom. The highest BCUT2D eigenvalue weighted by molar-refractivity contribution is 7.09. The average molecular weight is 262 g/mol. The van der Waals surface area contributed by atoms with E-state index in [9.17, 15) is 5.11 Å². The molecular weight excluding hydrogens is 244 g/mol. The summed E-state index contributed by atoms with van der Waals surface area (Å²) < 4.78 is 0. The molecule has 0 aliphatic heterocycles. The lowest BCUT2D eigenvalue weighted by molar-refractivity contribution is 0.236. The lowest BCUT2D eigenvalue weighted by atomic mass is 10.1. The van der Waals surface area contributed by atoms with Gasteiger partial charge in [-0.3, -0.25) is 0 Å². The van der Waals surface area contributed by atoms with Gasteiger partial charge in [-0.05, 0) is 19.4 Å². The average Bonchev–Trinajstić information content (AvgIpc) is 2.83. The van der Waals surface area contributed by atoms with Gasteiger partial charge in [-0.15, -0.1) is 11.3 Å². The summed E-state index contributed by atoms with van der Waals surface area (Å²) >= 11 is 1.65. The zero-order valence-electron chi connectivity index (χ0n) is 10.6. The number of thiazole rings is 1. The Hall–Kier alpha value is -1.23. The Labute approximate surface area is 112 Å². The molecule has 1 aromatic heterocycles. The van der Waals surface area contributed by atoms with Crippen LogP contribution in [-0.2, 0) is 0 Å². The monoisotopic (exact) mass is 262 g/mol. The van der Waals surface area contributed by atoms with E-state index >= 15 is 0 Å². The fourth-order valence-corrected chi connectivity index (χ4v) is 2.86. The van der Waals surface area contributed by atoms with Gasteiger partial charge < -0.3 is 10.4 Å². The predicted octanol–water partition coefficient (Wildman–Crippen LogP) is 2.84. The number of nitrogens with one attached hydrogen (secondary N) is 1. The van der Waals surface area contributed by atoms with Crippen LogP contribution < -0.4 is 5.32 Å². The number of rotatable bonds is 5. The molecule has 0 aliphatic carbocycles. The van der Waals surface area contributed by atoms with Crippen molar-refractivity contribution in [3.63, 3.8) is 0 Å². The Bertz CT molecular complexity index is 484. The molecule has 0 amide bonds.